The molecule has 11 heavy (non-hydrogen) atoms. The van der Waals surface area contributed by atoms with Crippen molar-refractivity contribution < 1.29 is 0 Å². The first-order valence-corrected chi connectivity index (χ1v) is 3.49. The van der Waals surface area contributed by atoms with E-state index in [0.717, 1.165) is 17.8 Å². The minimum Gasteiger partial charge on any atom is -0.266 e. The molecule has 0 unspecified atom stereocenters. The number of hydrogen-bond donors (Lipinski definition) is 0. The molecule has 0 rings (SSSR count). The lowest BCUT2D eigenvalue weighted by Crippen LogP contribution is -1.99. The van der Waals surface area contributed by atoms with Crippen molar-refractivity contribution in [2.24, 2.45) is 9.98 Å². The summed E-state index contributed by atoms with van der Waals surface area (Å²) in [5, 5.41) is 0. The van der Waals surface area contributed by atoms with Crippen LogP contribution >= 0.6 is 0 Å². The molecular formula is C9H14N2. The van der Waals surface area contributed by atoms with Gasteiger partial charge >= 0.3 is 0 Å². The van der Waals surface area contributed by atoms with Crippen molar-refractivity contribution in [3.63, 3.8) is 0 Å². The SMILES string of the molecule is C=CN=C(C)CC(C)=NC=C. The van der Waals surface area contributed by atoms with Crippen LogP contribution in [0.3, 0.4) is 0 Å². The van der Waals surface area contributed by atoms with Crippen molar-refractivity contribution in [3.05, 3.63) is 25.6 Å². The molecule has 0 atom stereocenters. The molecule has 0 saturated heterocycles. The fraction of sp³-hybridized carbons (Fsp3) is 0.333. The predicted molar refractivity (Wildman–Crippen MR) is 51.2 cm³/mol. The van der Waals surface area contributed by atoms with Gasteiger partial charge in [0.05, 0.1) is 0 Å². The Bertz CT molecular complexity index is 178. The summed E-state index contributed by atoms with van der Waals surface area (Å²) in [7, 11) is 0. The maximum Gasteiger partial charge on any atom is 0.0238 e. The van der Waals surface area contributed by atoms with E-state index in [1.54, 1.807) is 0 Å². The zero-order valence-corrected chi connectivity index (χ0v) is 7.17. The Hall–Kier alpha value is -1.18. The smallest absolute Gasteiger partial charge is 0.0238 e. The summed E-state index contributed by atoms with van der Waals surface area (Å²) in [4.78, 5) is 8.02. The summed E-state index contributed by atoms with van der Waals surface area (Å²) < 4.78 is 0. The van der Waals surface area contributed by atoms with Gasteiger partial charge in [0.2, 0.25) is 0 Å². The minimum absolute atomic E-state index is 0.790. The molecule has 0 aliphatic carbocycles. The second kappa shape index (κ2) is 5.59. The molecule has 0 fully saturated rings. The van der Waals surface area contributed by atoms with Crippen LogP contribution < -0.4 is 0 Å². The van der Waals surface area contributed by atoms with Crippen LogP contribution in [0.4, 0.5) is 0 Å². The topological polar surface area (TPSA) is 24.7 Å². The second-order valence-electron chi connectivity index (χ2n) is 2.27. The van der Waals surface area contributed by atoms with E-state index in [-0.39, 0.29) is 0 Å². The Balaban J connectivity index is 4.03. The Kier molecular flexibility index (Phi) is 4.99. The van der Waals surface area contributed by atoms with Crippen LogP contribution in [0, 0.1) is 0 Å². The molecule has 2 heteroatoms. The fourth-order valence-corrected chi connectivity index (χ4v) is 0.773. The van der Waals surface area contributed by atoms with E-state index in [9.17, 15) is 0 Å². The first-order chi connectivity index (χ1) is 5.20. The molecule has 0 saturated carbocycles. The van der Waals surface area contributed by atoms with Gasteiger partial charge in [-0.2, -0.15) is 0 Å². The average molecular weight is 150 g/mol. The lowest BCUT2D eigenvalue weighted by molar-refractivity contribution is 1.38. The molecule has 0 amide bonds. The average Bonchev–Trinajstić information content (AvgIpc) is 1.87. The van der Waals surface area contributed by atoms with Gasteiger partial charge in [0, 0.05) is 30.2 Å². The molecule has 0 aromatic rings. The molecule has 60 valence electrons. The van der Waals surface area contributed by atoms with Gasteiger partial charge in [0.15, 0.2) is 0 Å². The molecule has 0 radical (unpaired) electrons. The first-order valence-electron chi connectivity index (χ1n) is 3.49. The van der Waals surface area contributed by atoms with Crippen molar-refractivity contribution in [1.29, 1.82) is 0 Å². The van der Waals surface area contributed by atoms with E-state index < -0.39 is 0 Å². The summed E-state index contributed by atoms with van der Waals surface area (Å²) in [6.07, 6.45) is 3.87. The van der Waals surface area contributed by atoms with Crippen molar-refractivity contribution in [2.75, 3.05) is 0 Å². The maximum absolute atomic E-state index is 4.01. The van der Waals surface area contributed by atoms with Gasteiger partial charge in [-0.05, 0) is 13.8 Å². The number of rotatable bonds is 4. The van der Waals surface area contributed by atoms with Crippen LogP contribution in [0.1, 0.15) is 20.3 Å². The minimum atomic E-state index is 0.790. The van der Waals surface area contributed by atoms with E-state index >= 15 is 0 Å². The van der Waals surface area contributed by atoms with Crippen LogP contribution in [0.15, 0.2) is 35.5 Å². The van der Waals surface area contributed by atoms with Gasteiger partial charge in [-0.25, -0.2) is 0 Å². The molecule has 0 aliphatic rings. The zero-order chi connectivity index (χ0) is 8.69. The number of hydrogen-bond acceptors (Lipinski definition) is 2. The summed E-state index contributed by atoms with van der Waals surface area (Å²) in [5.74, 6) is 0. The summed E-state index contributed by atoms with van der Waals surface area (Å²) >= 11 is 0. The number of nitrogens with zero attached hydrogens (tertiary/aromatic N) is 2. The van der Waals surface area contributed by atoms with Crippen LogP contribution in [0.25, 0.3) is 0 Å². The van der Waals surface area contributed by atoms with Crippen molar-refractivity contribution in [3.8, 4) is 0 Å². The van der Waals surface area contributed by atoms with Crippen LogP contribution in [-0.4, -0.2) is 11.4 Å². The van der Waals surface area contributed by atoms with E-state index in [2.05, 4.69) is 23.1 Å². The van der Waals surface area contributed by atoms with Gasteiger partial charge in [-0.1, -0.05) is 13.2 Å². The highest BCUT2D eigenvalue weighted by molar-refractivity contribution is 6.02. The number of aliphatic imine (C=N–C) groups is 2. The first kappa shape index (κ1) is 9.82. The lowest BCUT2D eigenvalue weighted by Gasteiger charge is -1.96. The molecule has 0 bridgehead atoms. The molecule has 0 aromatic heterocycles. The van der Waals surface area contributed by atoms with Crippen molar-refractivity contribution in [2.45, 2.75) is 20.3 Å². The molecule has 0 spiro atoms. The quantitative estimate of drug-likeness (QED) is 0.550. The third-order valence-electron chi connectivity index (χ3n) is 1.14. The Morgan fingerprint density at radius 2 is 1.45 bits per heavy atom. The highest BCUT2D eigenvalue weighted by Gasteiger charge is 1.92. The normalized spacial score (nSPS) is 12.9. The molecular weight excluding hydrogens is 136 g/mol. The lowest BCUT2D eigenvalue weighted by atomic mass is 10.2. The monoisotopic (exact) mass is 150 g/mol. The third kappa shape index (κ3) is 5.27. The highest BCUT2D eigenvalue weighted by atomic mass is 14.7. The fourth-order valence-electron chi connectivity index (χ4n) is 0.773. The van der Waals surface area contributed by atoms with E-state index in [1.807, 2.05) is 13.8 Å². The van der Waals surface area contributed by atoms with E-state index in [0.29, 0.717) is 0 Å². The summed E-state index contributed by atoms with van der Waals surface area (Å²) in [6.45, 7) is 10.9. The third-order valence-corrected chi connectivity index (χ3v) is 1.14. The van der Waals surface area contributed by atoms with E-state index in [4.69, 9.17) is 0 Å². The maximum atomic E-state index is 4.01. The van der Waals surface area contributed by atoms with E-state index in [1.165, 1.54) is 12.4 Å². The predicted octanol–water partition coefficient (Wildman–Crippen LogP) is 2.59. The molecule has 0 aromatic carbocycles. The Labute approximate surface area is 68.1 Å². The summed E-state index contributed by atoms with van der Waals surface area (Å²) in [5.41, 5.74) is 2.03. The molecule has 0 heterocycles. The van der Waals surface area contributed by atoms with Gasteiger partial charge in [-0.3, -0.25) is 9.98 Å². The summed E-state index contributed by atoms with van der Waals surface area (Å²) in [6, 6.07) is 0. The van der Waals surface area contributed by atoms with Crippen molar-refractivity contribution >= 4 is 11.4 Å². The van der Waals surface area contributed by atoms with Crippen molar-refractivity contribution in [1.82, 2.24) is 0 Å². The second-order valence-corrected chi connectivity index (χ2v) is 2.27. The van der Waals surface area contributed by atoms with Crippen LogP contribution in [0.5, 0.6) is 0 Å². The zero-order valence-electron chi connectivity index (χ0n) is 7.17. The van der Waals surface area contributed by atoms with Crippen LogP contribution in [0.2, 0.25) is 0 Å². The Morgan fingerprint density at radius 1 is 1.09 bits per heavy atom. The Morgan fingerprint density at radius 3 is 1.73 bits per heavy atom. The van der Waals surface area contributed by atoms with Gasteiger partial charge in [0.25, 0.3) is 0 Å². The van der Waals surface area contributed by atoms with Crippen LogP contribution in [-0.2, 0) is 0 Å². The van der Waals surface area contributed by atoms with Gasteiger partial charge in [0.1, 0.15) is 0 Å². The molecule has 2 nitrogen and oxygen atoms in total. The van der Waals surface area contributed by atoms with Gasteiger partial charge in [-0.15, -0.1) is 0 Å². The largest absolute Gasteiger partial charge is 0.266 e. The highest BCUT2D eigenvalue weighted by Crippen LogP contribution is 1.91. The molecule has 0 aliphatic heterocycles. The van der Waals surface area contributed by atoms with Gasteiger partial charge < -0.3 is 0 Å². The molecule has 0 N–H and O–H groups in total. The standard InChI is InChI=1S/C9H14N2/c1-5-10-8(3)7-9(4)11-6-2/h5-6H,1-2,7H2,3-4H3.